The Labute approximate surface area is 228 Å². The van der Waals surface area contributed by atoms with Gasteiger partial charge in [0.15, 0.2) is 5.78 Å². The van der Waals surface area contributed by atoms with E-state index >= 15 is 0 Å². The molecular formula is C30H24F2N2O2S2. The number of aromatic nitrogens is 1. The molecule has 0 radical (unpaired) electrons. The van der Waals surface area contributed by atoms with Crippen LogP contribution in [0.25, 0.3) is 17.2 Å². The molecule has 0 amide bonds. The summed E-state index contributed by atoms with van der Waals surface area (Å²) < 4.78 is 32.9. The van der Waals surface area contributed by atoms with Crippen LogP contribution in [-0.4, -0.2) is 17.9 Å². The van der Waals surface area contributed by atoms with Gasteiger partial charge in [-0.1, -0.05) is 49.4 Å². The van der Waals surface area contributed by atoms with E-state index in [1.165, 1.54) is 35.2 Å². The van der Waals surface area contributed by atoms with Gasteiger partial charge in [-0.25, -0.2) is 13.8 Å². The number of benzene rings is 2. The van der Waals surface area contributed by atoms with Gasteiger partial charge < -0.3 is 4.74 Å². The normalized spacial score (nSPS) is 11.2. The Bertz CT molecular complexity index is 1510. The Balaban J connectivity index is 1.62. The van der Waals surface area contributed by atoms with Gasteiger partial charge in [-0.15, -0.1) is 23.1 Å². The van der Waals surface area contributed by atoms with E-state index in [1.807, 2.05) is 37.3 Å². The van der Waals surface area contributed by atoms with Crippen LogP contribution in [0.15, 0.2) is 77.8 Å². The van der Waals surface area contributed by atoms with E-state index in [1.54, 1.807) is 43.5 Å². The Morgan fingerprint density at radius 3 is 2.61 bits per heavy atom. The molecular weight excluding hydrogens is 522 g/mol. The highest BCUT2D eigenvalue weighted by atomic mass is 32.2. The lowest BCUT2D eigenvalue weighted by Gasteiger charge is -2.13. The third-order valence-electron chi connectivity index (χ3n) is 5.78. The van der Waals surface area contributed by atoms with Crippen molar-refractivity contribution in [1.82, 2.24) is 4.98 Å². The highest BCUT2D eigenvalue weighted by Crippen LogP contribution is 2.36. The van der Waals surface area contributed by atoms with Gasteiger partial charge in [0.25, 0.3) is 6.43 Å². The minimum atomic E-state index is -2.78. The summed E-state index contributed by atoms with van der Waals surface area (Å²) in [6.45, 7) is 2.05. The summed E-state index contributed by atoms with van der Waals surface area (Å²) in [6.07, 6.45) is 1.39. The van der Waals surface area contributed by atoms with Gasteiger partial charge in [0, 0.05) is 21.8 Å². The molecule has 0 saturated heterocycles. The van der Waals surface area contributed by atoms with Crippen molar-refractivity contribution in [3.05, 3.63) is 105 Å². The summed E-state index contributed by atoms with van der Waals surface area (Å²) in [7, 11) is 1.55. The zero-order valence-electron chi connectivity index (χ0n) is 20.8. The van der Waals surface area contributed by atoms with E-state index in [0.717, 1.165) is 22.4 Å². The van der Waals surface area contributed by atoms with Gasteiger partial charge >= 0.3 is 0 Å². The monoisotopic (exact) mass is 546 g/mol. The second-order valence-corrected chi connectivity index (χ2v) is 10.4. The molecule has 4 aromatic rings. The highest BCUT2D eigenvalue weighted by molar-refractivity contribution is 7.98. The first kappa shape index (κ1) is 27.2. The lowest BCUT2D eigenvalue weighted by molar-refractivity contribution is 0.105. The van der Waals surface area contributed by atoms with Crippen molar-refractivity contribution in [2.45, 2.75) is 30.5 Å². The van der Waals surface area contributed by atoms with Crippen LogP contribution in [0.1, 0.15) is 50.3 Å². The number of nitrogens with zero attached hydrogens (tertiary/aromatic N) is 2. The van der Waals surface area contributed by atoms with E-state index in [-0.39, 0.29) is 22.1 Å². The fourth-order valence-electron chi connectivity index (χ4n) is 3.83. The first-order chi connectivity index (χ1) is 18.4. The van der Waals surface area contributed by atoms with Gasteiger partial charge in [0.2, 0.25) is 0 Å². The van der Waals surface area contributed by atoms with Crippen LogP contribution in [0.4, 0.5) is 8.78 Å². The molecule has 0 bridgehead atoms. The molecule has 2 aromatic carbocycles. The molecule has 4 nitrogen and oxygen atoms in total. The predicted molar refractivity (Wildman–Crippen MR) is 149 cm³/mol. The lowest BCUT2D eigenvalue weighted by atomic mass is 10.0. The van der Waals surface area contributed by atoms with Crippen LogP contribution in [-0.2, 0) is 12.2 Å². The maximum atomic E-state index is 13.7. The van der Waals surface area contributed by atoms with Gasteiger partial charge in [-0.05, 0) is 54.0 Å². The molecule has 0 atom stereocenters. The van der Waals surface area contributed by atoms with Crippen LogP contribution < -0.4 is 4.74 Å². The maximum absolute atomic E-state index is 13.7. The standard InChI is InChI=1S/C30H24F2N2O2S2/c1-3-22-11-14-28(38-22)26(35)12-9-19-10-13-27(36-2)21(15-19)18-37-30-24(17-33)23(16-25(34-30)29(31)32)20-7-5-4-6-8-20/h4-16,29H,3,18H2,1-2H3/b12-9+. The largest absolute Gasteiger partial charge is 0.496 e. The molecule has 0 saturated carbocycles. The highest BCUT2D eigenvalue weighted by Gasteiger charge is 2.19. The van der Waals surface area contributed by atoms with Crippen molar-refractivity contribution < 1.29 is 18.3 Å². The molecule has 0 spiro atoms. The third kappa shape index (κ3) is 6.36. The van der Waals surface area contributed by atoms with E-state index < -0.39 is 6.43 Å². The Morgan fingerprint density at radius 1 is 1.16 bits per heavy atom. The Morgan fingerprint density at radius 2 is 1.95 bits per heavy atom. The van der Waals surface area contributed by atoms with Crippen molar-refractivity contribution in [3.63, 3.8) is 0 Å². The zero-order valence-corrected chi connectivity index (χ0v) is 22.4. The van der Waals surface area contributed by atoms with Crippen LogP contribution in [0.5, 0.6) is 5.75 Å². The van der Waals surface area contributed by atoms with Crippen LogP contribution in [0, 0.1) is 11.3 Å². The van der Waals surface area contributed by atoms with E-state index in [4.69, 9.17) is 4.74 Å². The van der Waals surface area contributed by atoms with Crippen molar-refractivity contribution in [3.8, 4) is 22.9 Å². The van der Waals surface area contributed by atoms with Crippen molar-refractivity contribution >= 4 is 35.0 Å². The number of pyridine rings is 1. The molecule has 2 heterocycles. The summed E-state index contributed by atoms with van der Waals surface area (Å²) in [5.41, 5.74) is 2.53. The number of thiophene rings is 1. The van der Waals surface area contributed by atoms with E-state index in [2.05, 4.69) is 11.1 Å². The molecule has 0 N–H and O–H groups in total. The number of carbonyl (C=O) groups is 1. The lowest BCUT2D eigenvalue weighted by Crippen LogP contribution is -1.99. The number of carbonyl (C=O) groups excluding carboxylic acids is 1. The Kier molecular flexibility index (Phi) is 9.06. The first-order valence-corrected chi connectivity index (χ1v) is 13.6. The average molecular weight is 547 g/mol. The van der Waals surface area contributed by atoms with E-state index in [9.17, 15) is 18.8 Å². The molecule has 2 aromatic heterocycles. The summed E-state index contributed by atoms with van der Waals surface area (Å²) in [4.78, 5) is 18.5. The van der Waals surface area contributed by atoms with Gasteiger partial charge in [0.1, 0.15) is 22.5 Å². The third-order valence-corrected chi connectivity index (χ3v) is 8.04. The van der Waals surface area contributed by atoms with Crippen molar-refractivity contribution in [1.29, 1.82) is 5.26 Å². The molecule has 0 fully saturated rings. The average Bonchev–Trinajstić information content (AvgIpc) is 3.44. The molecule has 0 unspecified atom stereocenters. The number of halogens is 2. The van der Waals surface area contributed by atoms with Crippen molar-refractivity contribution in [2.24, 2.45) is 0 Å². The summed E-state index contributed by atoms with van der Waals surface area (Å²) in [5.74, 6) is 0.867. The fraction of sp³-hybridized carbons (Fsp3) is 0.167. The molecule has 8 heteroatoms. The molecule has 38 heavy (non-hydrogen) atoms. The summed E-state index contributed by atoms with van der Waals surface area (Å²) in [6, 6.07) is 21.7. The number of thioether (sulfide) groups is 1. The molecule has 192 valence electrons. The fourth-order valence-corrected chi connectivity index (χ4v) is 5.68. The van der Waals surface area contributed by atoms with Gasteiger partial charge in [-0.2, -0.15) is 5.26 Å². The number of ketones is 1. The van der Waals surface area contributed by atoms with Gasteiger partial charge in [0.05, 0.1) is 17.6 Å². The molecule has 0 aliphatic heterocycles. The maximum Gasteiger partial charge on any atom is 0.280 e. The topological polar surface area (TPSA) is 63.0 Å². The molecule has 0 aliphatic rings. The molecule has 0 aliphatic carbocycles. The Hall–Kier alpha value is -3.80. The number of hydrogen-bond donors (Lipinski definition) is 0. The minimum Gasteiger partial charge on any atom is -0.496 e. The quantitative estimate of drug-likeness (QED) is 0.114. The number of nitriles is 1. The number of hydrogen-bond acceptors (Lipinski definition) is 6. The number of rotatable bonds is 10. The SMILES string of the molecule is CCc1ccc(C(=O)/C=C/c2ccc(OC)c(CSc3nc(C(F)F)cc(-c4ccccc4)c3C#N)c2)s1. The predicted octanol–water partition coefficient (Wildman–Crippen LogP) is 8.38. The summed E-state index contributed by atoms with van der Waals surface area (Å²) >= 11 is 2.68. The number of aryl methyl sites for hydroxylation is 1. The second kappa shape index (κ2) is 12.6. The number of alkyl halides is 2. The van der Waals surface area contributed by atoms with Gasteiger partial charge in [-0.3, -0.25) is 4.79 Å². The summed E-state index contributed by atoms with van der Waals surface area (Å²) in [5, 5.41) is 10.1. The number of allylic oxidation sites excluding steroid dienone is 1. The smallest absolute Gasteiger partial charge is 0.280 e. The van der Waals surface area contributed by atoms with Crippen LogP contribution >= 0.6 is 23.1 Å². The van der Waals surface area contributed by atoms with Crippen LogP contribution in [0.3, 0.4) is 0 Å². The first-order valence-electron chi connectivity index (χ1n) is 11.8. The van der Waals surface area contributed by atoms with E-state index in [0.29, 0.717) is 27.5 Å². The van der Waals surface area contributed by atoms with Crippen molar-refractivity contribution in [2.75, 3.05) is 7.11 Å². The zero-order chi connectivity index (χ0) is 27.1. The number of methoxy groups -OCH3 is 1. The number of ether oxygens (including phenoxy) is 1. The second-order valence-electron chi connectivity index (χ2n) is 8.23. The van der Waals surface area contributed by atoms with Crippen LogP contribution in [0.2, 0.25) is 0 Å². The minimum absolute atomic E-state index is 0.0680. The molecule has 4 rings (SSSR count).